The topological polar surface area (TPSA) is 87.3 Å². The van der Waals surface area contributed by atoms with Gasteiger partial charge in [-0.3, -0.25) is 19.9 Å². The third-order valence-electron chi connectivity index (χ3n) is 5.54. The summed E-state index contributed by atoms with van der Waals surface area (Å²) in [6, 6.07) is 18.1. The van der Waals surface area contributed by atoms with Crippen molar-refractivity contribution in [1.29, 1.82) is 0 Å². The van der Waals surface area contributed by atoms with Crippen molar-refractivity contribution in [2.45, 2.75) is 6.92 Å². The molecule has 0 radical (unpaired) electrons. The van der Waals surface area contributed by atoms with Crippen molar-refractivity contribution in [3.8, 4) is 33.1 Å². The van der Waals surface area contributed by atoms with Gasteiger partial charge in [0.05, 0.1) is 28.0 Å². The van der Waals surface area contributed by atoms with E-state index in [9.17, 15) is 4.79 Å². The quantitative estimate of drug-likeness (QED) is 0.328. The summed E-state index contributed by atoms with van der Waals surface area (Å²) in [5.74, 6) is 0.0872. The van der Waals surface area contributed by atoms with Crippen LogP contribution >= 0.6 is 11.3 Å². The zero-order chi connectivity index (χ0) is 21.7. The number of hydrogen-bond acceptors (Lipinski definition) is 5. The maximum Gasteiger partial charge on any atom is 0.169 e. The van der Waals surface area contributed by atoms with Crippen molar-refractivity contribution in [3.63, 3.8) is 0 Å². The van der Waals surface area contributed by atoms with Crippen LogP contribution in [-0.2, 0) is 0 Å². The molecule has 0 saturated carbocycles. The standard InChI is InChI=1S/C25H17N5OS/c1-14(31)23-7-8-24(32-23)16-5-2-6-19-17(16)10-21(28-19)25-18-11-20(15-4-3-9-26-12-15)27-13-22(18)29-30-25/h2-13,28H,1H3,(H,29,30). The number of rotatable bonds is 4. The van der Waals surface area contributed by atoms with E-state index < -0.39 is 0 Å². The fourth-order valence-corrected chi connectivity index (χ4v) is 4.90. The predicted molar refractivity (Wildman–Crippen MR) is 128 cm³/mol. The molecule has 0 atom stereocenters. The van der Waals surface area contributed by atoms with Crippen LogP contribution in [0.1, 0.15) is 16.6 Å². The minimum atomic E-state index is 0.0872. The number of Topliss-reactive ketones (excluding diaryl/α,β-unsaturated/α-hetero) is 1. The molecule has 2 N–H and O–H groups in total. The second-order valence-corrected chi connectivity index (χ2v) is 8.68. The van der Waals surface area contributed by atoms with Gasteiger partial charge in [0.15, 0.2) is 5.78 Å². The lowest BCUT2D eigenvalue weighted by Crippen LogP contribution is -1.85. The fourth-order valence-electron chi connectivity index (χ4n) is 3.96. The van der Waals surface area contributed by atoms with Crippen molar-refractivity contribution in [2.24, 2.45) is 0 Å². The Morgan fingerprint density at radius 1 is 0.969 bits per heavy atom. The van der Waals surface area contributed by atoms with Gasteiger partial charge in [-0.05, 0) is 49.4 Å². The van der Waals surface area contributed by atoms with Crippen LogP contribution in [0.25, 0.3) is 54.9 Å². The maximum absolute atomic E-state index is 11.8. The van der Waals surface area contributed by atoms with Gasteiger partial charge in [0.2, 0.25) is 0 Å². The van der Waals surface area contributed by atoms with Gasteiger partial charge < -0.3 is 4.98 Å². The molecule has 0 bridgehead atoms. The summed E-state index contributed by atoms with van der Waals surface area (Å²) < 4.78 is 0. The number of carbonyl (C=O) groups excluding carboxylic acids is 1. The number of hydrogen-bond donors (Lipinski definition) is 2. The van der Waals surface area contributed by atoms with Crippen LogP contribution in [0.15, 0.2) is 73.2 Å². The van der Waals surface area contributed by atoms with Gasteiger partial charge in [-0.2, -0.15) is 5.10 Å². The normalized spacial score (nSPS) is 11.4. The van der Waals surface area contributed by atoms with Gasteiger partial charge in [-0.25, -0.2) is 0 Å². The number of thiophene rings is 1. The molecular weight excluding hydrogens is 418 g/mol. The third kappa shape index (κ3) is 3.02. The lowest BCUT2D eigenvalue weighted by Gasteiger charge is -2.00. The molecule has 0 unspecified atom stereocenters. The zero-order valence-corrected chi connectivity index (χ0v) is 17.9. The van der Waals surface area contributed by atoms with E-state index >= 15 is 0 Å². The first-order valence-electron chi connectivity index (χ1n) is 10.1. The number of nitrogens with zero attached hydrogens (tertiary/aromatic N) is 3. The molecule has 7 heteroatoms. The molecule has 154 valence electrons. The van der Waals surface area contributed by atoms with Gasteiger partial charge in [-0.15, -0.1) is 11.3 Å². The van der Waals surface area contributed by atoms with E-state index in [0.29, 0.717) is 0 Å². The number of H-pyrrole nitrogens is 2. The van der Waals surface area contributed by atoms with Gasteiger partial charge in [0.1, 0.15) is 5.69 Å². The maximum atomic E-state index is 11.8. The highest BCUT2D eigenvalue weighted by Gasteiger charge is 2.16. The van der Waals surface area contributed by atoms with Gasteiger partial charge in [0, 0.05) is 44.7 Å². The third-order valence-corrected chi connectivity index (χ3v) is 6.76. The summed E-state index contributed by atoms with van der Waals surface area (Å²) in [4.78, 5) is 25.8. The molecule has 0 spiro atoms. The number of aromatic amines is 2. The molecule has 6 aromatic rings. The van der Waals surface area contributed by atoms with Crippen molar-refractivity contribution in [2.75, 3.05) is 0 Å². The minimum absolute atomic E-state index is 0.0872. The van der Waals surface area contributed by atoms with Crippen LogP contribution in [0.2, 0.25) is 0 Å². The number of fused-ring (bicyclic) bond motifs is 2. The molecule has 5 heterocycles. The van der Waals surface area contributed by atoms with Crippen molar-refractivity contribution in [3.05, 3.63) is 78.1 Å². The van der Waals surface area contributed by atoms with Crippen LogP contribution < -0.4 is 0 Å². The van der Waals surface area contributed by atoms with Crippen LogP contribution in [0, 0.1) is 0 Å². The molecule has 0 saturated heterocycles. The molecule has 0 amide bonds. The predicted octanol–water partition coefficient (Wildman–Crippen LogP) is 6.10. The molecule has 5 aromatic heterocycles. The first-order chi connectivity index (χ1) is 15.7. The largest absolute Gasteiger partial charge is 0.353 e. The second kappa shape index (κ2) is 7.25. The number of nitrogens with one attached hydrogen (secondary N) is 2. The SMILES string of the molecule is CC(=O)c1ccc(-c2cccc3[nH]c(-c4n[nH]c5cnc(-c6cccnc6)cc45)cc23)s1. The molecule has 0 aliphatic heterocycles. The monoisotopic (exact) mass is 435 g/mol. The average Bonchev–Trinajstić information content (AvgIpc) is 3.56. The Kier molecular flexibility index (Phi) is 4.22. The summed E-state index contributed by atoms with van der Waals surface area (Å²) >= 11 is 1.52. The van der Waals surface area contributed by atoms with E-state index in [-0.39, 0.29) is 5.78 Å². The fraction of sp³-hybridized carbons (Fsp3) is 0.0400. The Bertz CT molecular complexity index is 1610. The molecule has 0 aliphatic rings. The van der Waals surface area contributed by atoms with Crippen molar-refractivity contribution < 1.29 is 4.79 Å². The van der Waals surface area contributed by atoms with Crippen molar-refractivity contribution in [1.82, 2.24) is 25.1 Å². The van der Waals surface area contributed by atoms with Crippen LogP contribution in [0.4, 0.5) is 0 Å². The summed E-state index contributed by atoms with van der Waals surface area (Å²) in [7, 11) is 0. The summed E-state index contributed by atoms with van der Waals surface area (Å²) in [5.41, 5.74) is 6.56. The lowest BCUT2D eigenvalue weighted by atomic mass is 10.1. The van der Waals surface area contributed by atoms with E-state index in [4.69, 9.17) is 0 Å². The van der Waals surface area contributed by atoms with E-state index in [1.165, 1.54) is 11.3 Å². The first kappa shape index (κ1) is 18.7. The van der Waals surface area contributed by atoms with E-state index in [1.807, 2.05) is 36.4 Å². The summed E-state index contributed by atoms with van der Waals surface area (Å²) in [6.07, 6.45) is 5.36. The van der Waals surface area contributed by atoms with E-state index in [2.05, 4.69) is 43.3 Å². The zero-order valence-electron chi connectivity index (χ0n) is 17.1. The second-order valence-electron chi connectivity index (χ2n) is 7.60. The highest BCUT2D eigenvalue weighted by Crippen LogP contribution is 2.37. The Balaban J connectivity index is 1.49. The molecule has 32 heavy (non-hydrogen) atoms. The molecular formula is C25H17N5OS. The Hall–Kier alpha value is -4.10. The number of benzene rings is 1. The highest BCUT2D eigenvalue weighted by molar-refractivity contribution is 7.17. The van der Waals surface area contributed by atoms with Crippen LogP contribution in [0.5, 0.6) is 0 Å². The smallest absolute Gasteiger partial charge is 0.169 e. The minimum Gasteiger partial charge on any atom is -0.353 e. The Morgan fingerprint density at radius 3 is 2.72 bits per heavy atom. The van der Waals surface area contributed by atoms with E-state index in [1.54, 1.807) is 25.5 Å². The van der Waals surface area contributed by atoms with E-state index in [0.717, 1.165) is 59.8 Å². The molecule has 6 nitrogen and oxygen atoms in total. The average molecular weight is 436 g/mol. The van der Waals surface area contributed by atoms with Crippen LogP contribution in [0.3, 0.4) is 0 Å². The number of carbonyl (C=O) groups is 1. The summed E-state index contributed by atoms with van der Waals surface area (Å²) in [5, 5.41) is 9.74. The highest BCUT2D eigenvalue weighted by atomic mass is 32.1. The number of aromatic nitrogens is 5. The van der Waals surface area contributed by atoms with Gasteiger partial charge in [0.25, 0.3) is 0 Å². The molecule has 0 aliphatic carbocycles. The Labute approximate surface area is 187 Å². The number of pyridine rings is 2. The van der Waals surface area contributed by atoms with Crippen molar-refractivity contribution >= 4 is 38.9 Å². The first-order valence-corrected chi connectivity index (χ1v) is 11.0. The molecule has 1 aromatic carbocycles. The molecule has 6 rings (SSSR count). The van der Waals surface area contributed by atoms with Crippen LogP contribution in [-0.4, -0.2) is 30.9 Å². The Morgan fingerprint density at radius 2 is 1.91 bits per heavy atom. The molecule has 0 fully saturated rings. The van der Waals surface area contributed by atoms with Gasteiger partial charge in [-0.1, -0.05) is 12.1 Å². The number of ketones is 1. The lowest BCUT2D eigenvalue weighted by molar-refractivity contribution is 0.102. The van der Waals surface area contributed by atoms with Gasteiger partial charge >= 0.3 is 0 Å². The summed E-state index contributed by atoms with van der Waals surface area (Å²) in [6.45, 7) is 1.60.